The maximum absolute atomic E-state index is 13.0. The van der Waals surface area contributed by atoms with Crippen molar-refractivity contribution in [2.75, 3.05) is 12.3 Å². The van der Waals surface area contributed by atoms with E-state index >= 15 is 0 Å². The third-order valence-electron chi connectivity index (χ3n) is 4.26. The molecule has 0 saturated carbocycles. The number of hydrogen-bond donors (Lipinski definition) is 1. The fraction of sp³-hybridized carbons (Fsp3) is 0.579. The molecular formula is C19H28N2O2S. The molecule has 2 rings (SSSR count). The third kappa shape index (κ3) is 4.53. The number of benzene rings is 1. The Morgan fingerprint density at radius 1 is 1.38 bits per heavy atom. The van der Waals surface area contributed by atoms with Crippen molar-refractivity contribution in [1.29, 1.82) is 0 Å². The Morgan fingerprint density at radius 3 is 2.75 bits per heavy atom. The average molecular weight is 349 g/mol. The minimum Gasteiger partial charge on any atom is -0.354 e. The van der Waals surface area contributed by atoms with E-state index in [2.05, 4.69) is 26.1 Å². The lowest BCUT2D eigenvalue weighted by atomic mass is 10.1. The number of amides is 2. The normalized spacial score (nSPS) is 20.5. The molecule has 4 nitrogen and oxygen atoms in total. The Hall–Kier alpha value is -1.49. The van der Waals surface area contributed by atoms with Crippen LogP contribution in [-0.2, 0) is 4.79 Å². The SMILES string of the molecule is CCC1SCC(C(=O)NCCC(C)C)N1C(=O)c1cccc(C)c1. The first-order valence-corrected chi connectivity index (χ1v) is 9.77. The van der Waals surface area contributed by atoms with E-state index in [9.17, 15) is 9.59 Å². The van der Waals surface area contributed by atoms with Crippen LogP contribution >= 0.6 is 11.8 Å². The summed E-state index contributed by atoms with van der Waals surface area (Å²) in [5.74, 6) is 1.15. The Labute approximate surface area is 149 Å². The van der Waals surface area contributed by atoms with Gasteiger partial charge in [-0.25, -0.2) is 0 Å². The lowest BCUT2D eigenvalue weighted by Crippen LogP contribution is -2.50. The van der Waals surface area contributed by atoms with E-state index in [-0.39, 0.29) is 23.2 Å². The third-order valence-corrected chi connectivity index (χ3v) is 5.72. The van der Waals surface area contributed by atoms with Crippen LogP contribution in [0, 0.1) is 12.8 Å². The molecule has 24 heavy (non-hydrogen) atoms. The molecule has 1 saturated heterocycles. The highest BCUT2D eigenvalue weighted by Gasteiger charge is 2.40. The second-order valence-electron chi connectivity index (χ2n) is 6.77. The molecule has 2 atom stereocenters. The van der Waals surface area contributed by atoms with Gasteiger partial charge in [-0.1, -0.05) is 38.5 Å². The minimum atomic E-state index is -0.375. The van der Waals surface area contributed by atoms with Gasteiger partial charge >= 0.3 is 0 Å². The maximum Gasteiger partial charge on any atom is 0.255 e. The molecule has 0 radical (unpaired) electrons. The average Bonchev–Trinajstić information content (AvgIpc) is 2.97. The van der Waals surface area contributed by atoms with E-state index in [0.29, 0.717) is 23.8 Å². The van der Waals surface area contributed by atoms with E-state index in [4.69, 9.17) is 0 Å². The Kier molecular flexibility index (Phi) is 6.72. The van der Waals surface area contributed by atoms with Crippen LogP contribution in [0.1, 0.15) is 49.5 Å². The highest BCUT2D eigenvalue weighted by Crippen LogP contribution is 2.32. The number of carbonyl (C=O) groups excluding carboxylic acids is 2. The predicted octanol–water partition coefficient (Wildman–Crippen LogP) is 3.45. The summed E-state index contributed by atoms with van der Waals surface area (Å²) < 4.78 is 0. The first-order chi connectivity index (χ1) is 11.4. The van der Waals surface area contributed by atoms with Crippen LogP contribution in [0.2, 0.25) is 0 Å². The Bertz CT molecular complexity index is 588. The van der Waals surface area contributed by atoms with Crippen molar-refractivity contribution >= 4 is 23.6 Å². The molecule has 1 aromatic rings. The molecular weight excluding hydrogens is 320 g/mol. The van der Waals surface area contributed by atoms with Crippen molar-refractivity contribution in [1.82, 2.24) is 10.2 Å². The number of thioether (sulfide) groups is 1. The van der Waals surface area contributed by atoms with Crippen molar-refractivity contribution in [2.45, 2.75) is 52.0 Å². The second-order valence-corrected chi connectivity index (χ2v) is 7.98. The molecule has 2 amide bonds. The number of aryl methyl sites for hydroxylation is 1. The number of nitrogens with one attached hydrogen (secondary N) is 1. The van der Waals surface area contributed by atoms with E-state index in [1.807, 2.05) is 31.2 Å². The molecule has 1 N–H and O–H groups in total. The van der Waals surface area contributed by atoms with Crippen molar-refractivity contribution in [3.05, 3.63) is 35.4 Å². The van der Waals surface area contributed by atoms with Crippen LogP contribution in [0.4, 0.5) is 0 Å². The maximum atomic E-state index is 13.0. The van der Waals surface area contributed by atoms with Gasteiger partial charge in [0.1, 0.15) is 6.04 Å². The van der Waals surface area contributed by atoms with Gasteiger partial charge in [0.05, 0.1) is 5.37 Å². The Morgan fingerprint density at radius 2 is 2.12 bits per heavy atom. The summed E-state index contributed by atoms with van der Waals surface area (Å²) in [5.41, 5.74) is 1.72. The second kappa shape index (κ2) is 8.56. The van der Waals surface area contributed by atoms with Gasteiger partial charge in [-0.2, -0.15) is 0 Å². The zero-order chi connectivity index (χ0) is 17.7. The van der Waals surface area contributed by atoms with Gasteiger partial charge in [-0.3, -0.25) is 9.59 Å². The molecule has 1 heterocycles. The first kappa shape index (κ1) is 18.8. The van der Waals surface area contributed by atoms with Crippen LogP contribution in [0.25, 0.3) is 0 Å². The fourth-order valence-electron chi connectivity index (χ4n) is 2.88. The lowest BCUT2D eigenvalue weighted by Gasteiger charge is -2.28. The summed E-state index contributed by atoms with van der Waals surface area (Å²) in [5, 5.41) is 3.07. The van der Waals surface area contributed by atoms with Gasteiger partial charge in [-0.15, -0.1) is 11.8 Å². The van der Waals surface area contributed by atoms with Gasteiger partial charge in [0.15, 0.2) is 0 Å². The molecule has 0 aromatic heterocycles. The molecule has 2 unspecified atom stereocenters. The standard InChI is InChI=1S/C19H28N2O2S/c1-5-17-21(19(23)15-8-6-7-14(4)11-15)16(12-24-17)18(22)20-10-9-13(2)3/h6-8,11,13,16-17H,5,9-10,12H2,1-4H3,(H,20,22). The number of rotatable bonds is 6. The quantitative estimate of drug-likeness (QED) is 0.856. The smallest absolute Gasteiger partial charge is 0.255 e. The molecule has 132 valence electrons. The van der Waals surface area contributed by atoms with Crippen LogP contribution in [0.3, 0.4) is 0 Å². The summed E-state index contributed by atoms with van der Waals surface area (Å²) in [4.78, 5) is 27.4. The monoisotopic (exact) mass is 348 g/mol. The number of nitrogens with zero attached hydrogens (tertiary/aromatic N) is 1. The topological polar surface area (TPSA) is 49.4 Å². The molecule has 1 aromatic carbocycles. The molecule has 0 spiro atoms. The molecule has 0 bridgehead atoms. The molecule has 1 aliphatic rings. The van der Waals surface area contributed by atoms with E-state index in [1.165, 1.54) is 0 Å². The van der Waals surface area contributed by atoms with Crippen molar-refractivity contribution in [2.24, 2.45) is 5.92 Å². The summed E-state index contributed by atoms with van der Waals surface area (Å²) in [6.45, 7) is 8.98. The van der Waals surface area contributed by atoms with Crippen molar-refractivity contribution in [3.63, 3.8) is 0 Å². The highest BCUT2D eigenvalue weighted by molar-refractivity contribution is 8.00. The van der Waals surface area contributed by atoms with Crippen LogP contribution in [0.15, 0.2) is 24.3 Å². The molecule has 0 aliphatic carbocycles. The first-order valence-electron chi connectivity index (χ1n) is 8.72. The van der Waals surface area contributed by atoms with E-state index < -0.39 is 0 Å². The largest absolute Gasteiger partial charge is 0.354 e. The number of hydrogen-bond acceptors (Lipinski definition) is 3. The van der Waals surface area contributed by atoms with Crippen LogP contribution < -0.4 is 5.32 Å². The van der Waals surface area contributed by atoms with E-state index in [0.717, 1.165) is 18.4 Å². The molecule has 1 fully saturated rings. The highest BCUT2D eigenvalue weighted by atomic mass is 32.2. The fourth-order valence-corrected chi connectivity index (χ4v) is 4.24. The number of carbonyl (C=O) groups is 2. The zero-order valence-corrected chi connectivity index (χ0v) is 15.9. The molecule has 5 heteroatoms. The van der Waals surface area contributed by atoms with Gasteiger partial charge < -0.3 is 10.2 Å². The van der Waals surface area contributed by atoms with Gasteiger partial charge in [0.25, 0.3) is 5.91 Å². The van der Waals surface area contributed by atoms with E-state index in [1.54, 1.807) is 16.7 Å². The van der Waals surface area contributed by atoms with Gasteiger partial charge in [0.2, 0.25) is 5.91 Å². The Balaban J connectivity index is 2.13. The van der Waals surface area contributed by atoms with Crippen molar-refractivity contribution < 1.29 is 9.59 Å². The summed E-state index contributed by atoms with van der Waals surface area (Å²) >= 11 is 1.70. The zero-order valence-electron chi connectivity index (χ0n) is 15.0. The molecule has 1 aliphatic heterocycles. The summed E-state index contributed by atoms with van der Waals surface area (Å²) in [7, 11) is 0. The van der Waals surface area contributed by atoms with Crippen molar-refractivity contribution in [3.8, 4) is 0 Å². The summed E-state index contributed by atoms with van der Waals surface area (Å²) in [6, 6.07) is 7.22. The van der Waals surface area contributed by atoms with Crippen LogP contribution in [-0.4, -0.2) is 40.4 Å². The van der Waals surface area contributed by atoms with Gasteiger partial charge in [-0.05, 0) is 37.8 Å². The lowest BCUT2D eigenvalue weighted by molar-refractivity contribution is -0.124. The minimum absolute atomic E-state index is 0.0277. The van der Waals surface area contributed by atoms with Crippen LogP contribution in [0.5, 0.6) is 0 Å². The summed E-state index contributed by atoms with van der Waals surface area (Å²) in [6.07, 6.45) is 1.80. The van der Waals surface area contributed by atoms with Gasteiger partial charge in [0, 0.05) is 17.9 Å². The predicted molar refractivity (Wildman–Crippen MR) is 100 cm³/mol.